The zero-order valence-electron chi connectivity index (χ0n) is 14.1. The lowest BCUT2D eigenvalue weighted by atomic mass is 10.1. The highest BCUT2D eigenvalue weighted by molar-refractivity contribution is 6.03. The minimum Gasteiger partial charge on any atom is -0.482 e. The Hall–Kier alpha value is -2.63. The van der Waals surface area contributed by atoms with Crippen molar-refractivity contribution in [2.24, 2.45) is 0 Å². The van der Waals surface area contributed by atoms with E-state index in [1.165, 1.54) is 18.2 Å². The molecule has 1 N–H and O–H groups in total. The van der Waals surface area contributed by atoms with Crippen molar-refractivity contribution in [3.05, 3.63) is 52.6 Å². The van der Waals surface area contributed by atoms with E-state index in [0.29, 0.717) is 22.5 Å². The van der Waals surface area contributed by atoms with Crippen LogP contribution in [0.15, 0.2) is 24.3 Å². The van der Waals surface area contributed by atoms with Crippen LogP contribution in [0.5, 0.6) is 5.75 Å². The summed E-state index contributed by atoms with van der Waals surface area (Å²) in [6.45, 7) is 6.93. The Morgan fingerprint density at radius 3 is 2.62 bits per heavy atom. The summed E-state index contributed by atoms with van der Waals surface area (Å²) in [6.07, 6.45) is -0.835. The zero-order chi connectivity index (χ0) is 17.9. The molecule has 1 heterocycles. The summed E-state index contributed by atoms with van der Waals surface area (Å²) in [5.41, 5.74) is 1.73. The van der Waals surface area contributed by atoms with E-state index in [-0.39, 0.29) is 18.1 Å². The van der Waals surface area contributed by atoms with Crippen LogP contribution < -0.4 is 4.74 Å². The first-order chi connectivity index (χ1) is 11.3. The third kappa shape index (κ3) is 3.64. The van der Waals surface area contributed by atoms with Crippen molar-refractivity contribution in [1.82, 2.24) is 4.98 Å². The fourth-order valence-corrected chi connectivity index (χ4v) is 2.51. The molecule has 0 aliphatic rings. The van der Waals surface area contributed by atoms with Crippen molar-refractivity contribution in [2.45, 2.75) is 33.8 Å². The van der Waals surface area contributed by atoms with Gasteiger partial charge >= 0.3 is 5.97 Å². The molecule has 2 aromatic rings. The maximum absolute atomic E-state index is 13.2. The Labute approximate surface area is 139 Å². The molecule has 0 aliphatic carbocycles. The molecule has 2 rings (SSSR count). The number of benzene rings is 1. The summed E-state index contributed by atoms with van der Waals surface area (Å²) in [4.78, 5) is 27.5. The first-order valence-corrected chi connectivity index (χ1v) is 7.67. The van der Waals surface area contributed by atoms with E-state index in [2.05, 4.69) is 4.98 Å². The van der Waals surface area contributed by atoms with Gasteiger partial charge in [-0.15, -0.1) is 0 Å². The zero-order valence-corrected chi connectivity index (χ0v) is 14.1. The normalized spacial score (nSPS) is 11.9. The number of aromatic nitrogens is 1. The molecule has 24 heavy (non-hydrogen) atoms. The Balaban J connectivity index is 2.23. The van der Waals surface area contributed by atoms with E-state index >= 15 is 0 Å². The van der Waals surface area contributed by atoms with Crippen molar-refractivity contribution >= 4 is 11.8 Å². The van der Waals surface area contributed by atoms with E-state index in [0.717, 1.165) is 0 Å². The van der Waals surface area contributed by atoms with Crippen molar-refractivity contribution in [3.63, 3.8) is 0 Å². The Kier molecular flexibility index (Phi) is 5.39. The van der Waals surface area contributed by atoms with Gasteiger partial charge in [0.2, 0.25) is 5.78 Å². The molecular formula is C18H20FNO4. The SMILES string of the molecule is CCOC(=O)c1c(C)[nH]c(C(=O)[C@@H](C)Oc2cccc(F)c2)c1C. The highest BCUT2D eigenvalue weighted by Gasteiger charge is 2.26. The van der Waals surface area contributed by atoms with Crippen molar-refractivity contribution in [3.8, 4) is 5.75 Å². The molecular weight excluding hydrogens is 313 g/mol. The molecule has 0 bridgehead atoms. The van der Waals surface area contributed by atoms with Crippen LogP contribution >= 0.6 is 0 Å². The number of ether oxygens (including phenoxy) is 2. The highest BCUT2D eigenvalue weighted by atomic mass is 19.1. The number of halogens is 1. The summed E-state index contributed by atoms with van der Waals surface area (Å²) < 4.78 is 23.7. The maximum atomic E-state index is 13.2. The van der Waals surface area contributed by atoms with E-state index in [9.17, 15) is 14.0 Å². The molecule has 0 saturated heterocycles. The predicted octanol–water partition coefficient (Wildman–Crippen LogP) is 3.60. The fourth-order valence-electron chi connectivity index (χ4n) is 2.51. The average Bonchev–Trinajstić information content (AvgIpc) is 2.81. The Morgan fingerprint density at radius 1 is 1.29 bits per heavy atom. The van der Waals surface area contributed by atoms with Crippen LogP contribution in [0.2, 0.25) is 0 Å². The standard InChI is InChI=1S/C18H20FNO4/c1-5-23-18(22)15-10(2)16(20-11(15)3)17(21)12(4)24-14-8-6-7-13(19)9-14/h6-9,12,20H,5H2,1-4H3/t12-/m1/s1. The second-order valence-corrected chi connectivity index (χ2v) is 5.43. The van der Waals surface area contributed by atoms with Gasteiger partial charge in [0.1, 0.15) is 11.6 Å². The molecule has 0 radical (unpaired) electrons. The molecule has 128 valence electrons. The van der Waals surface area contributed by atoms with Crippen molar-refractivity contribution in [1.29, 1.82) is 0 Å². The van der Waals surface area contributed by atoms with Crippen LogP contribution in [0.25, 0.3) is 0 Å². The number of nitrogens with one attached hydrogen (secondary N) is 1. The first kappa shape index (κ1) is 17.7. The van der Waals surface area contributed by atoms with E-state index in [1.807, 2.05) is 0 Å². The van der Waals surface area contributed by atoms with E-state index in [1.54, 1.807) is 33.8 Å². The summed E-state index contributed by atoms with van der Waals surface area (Å²) >= 11 is 0. The van der Waals surface area contributed by atoms with Gasteiger partial charge in [0.15, 0.2) is 6.10 Å². The number of esters is 1. The van der Waals surface area contributed by atoms with Crippen LogP contribution in [-0.4, -0.2) is 29.4 Å². The molecule has 0 unspecified atom stereocenters. The lowest BCUT2D eigenvalue weighted by Gasteiger charge is -2.13. The second kappa shape index (κ2) is 7.29. The van der Waals surface area contributed by atoms with Crippen LogP contribution in [0, 0.1) is 19.7 Å². The van der Waals surface area contributed by atoms with Gasteiger partial charge in [-0.05, 0) is 45.4 Å². The van der Waals surface area contributed by atoms with Crippen LogP contribution in [0.4, 0.5) is 4.39 Å². The van der Waals surface area contributed by atoms with Crippen LogP contribution in [-0.2, 0) is 4.74 Å². The number of rotatable bonds is 6. The third-order valence-corrected chi connectivity index (χ3v) is 3.64. The molecule has 1 aromatic carbocycles. The monoisotopic (exact) mass is 333 g/mol. The van der Waals surface area contributed by atoms with Crippen LogP contribution in [0.3, 0.4) is 0 Å². The largest absolute Gasteiger partial charge is 0.482 e. The number of Topliss-reactive ketones (excluding diaryl/α,β-unsaturated/α-hetero) is 1. The highest BCUT2D eigenvalue weighted by Crippen LogP contribution is 2.22. The summed E-state index contributed by atoms with van der Waals surface area (Å²) in [6, 6.07) is 5.58. The average molecular weight is 333 g/mol. The molecule has 1 atom stereocenters. The predicted molar refractivity (Wildman–Crippen MR) is 87.0 cm³/mol. The van der Waals surface area contributed by atoms with Gasteiger partial charge in [0, 0.05) is 11.8 Å². The van der Waals surface area contributed by atoms with Crippen LogP contribution in [0.1, 0.15) is 46.0 Å². The number of aromatic amines is 1. The summed E-state index contributed by atoms with van der Waals surface area (Å²) in [5.74, 6) is -0.969. The molecule has 5 nitrogen and oxygen atoms in total. The van der Waals surface area contributed by atoms with Gasteiger partial charge in [-0.3, -0.25) is 4.79 Å². The Bertz CT molecular complexity index is 766. The number of carbonyl (C=O) groups excluding carboxylic acids is 2. The number of ketones is 1. The topological polar surface area (TPSA) is 68.4 Å². The van der Waals surface area contributed by atoms with Gasteiger partial charge < -0.3 is 14.5 Å². The lowest BCUT2D eigenvalue weighted by molar-refractivity contribution is 0.0525. The van der Waals surface area contributed by atoms with Gasteiger partial charge in [-0.2, -0.15) is 0 Å². The second-order valence-electron chi connectivity index (χ2n) is 5.43. The maximum Gasteiger partial charge on any atom is 0.340 e. The Morgan fingerprint density at radius 2 is 2.00 bits per heavy atom. The number of H-pyrrole nitrogens is 1. The van der Waals surface area contributed by atoms with Gasteiger partial charge in [0.25, 0.3) is 0 Å². The number of carbonyl (C=O) groups is 2. The van der Waals surface area contributed by atoms with Crippen molar-refractivity contribution in [2.75, 3.05) is 6.61 Å². The van der Waals surface area contributed by atoms with Gasteiger partial charge in [-0.25, -0.2) is 9.18 Å². The number of hydrogen-bond donors (Lipinski definition) is 1. The van der Waals surface area contributed by atoms with Gasteiger partial charge in [-0.1, -0.05) is 6.07 Å². The molecule has 0 fully saturated rings. The molecule has 0 aliphatic heterocycles. The minimum absolute atomic E-state index is 0.255. The third-order valence-electron chi connectivity index (χ3n) is 3.64. The molecule has 0 saturated carbocycles. The lowest BCUT2D eigenvalue weighted by Crippen LogP contribution is -2.25. The minimum atomic E-state index is -0.835. The summed E-state index contributed by atoms with van der Waals surface area (Å²) in [5, 5.41) is 0. The van der Waals surface area contributed by atoms with E-state index < -0.39 is 17.9 Å². The fraction of sp³-hybridized carbons (Fsp3) is 0.333. The number of hydrogen-bond acceptors (Lipinski definition) is 4. The number of aryl methyl sites for hydroxylation is 1. The van der Waals surface area contributed by atoms with Gasteiger partial charge in [0.05, 0.1) is 17.9 Å². The molecule has 1 aromatic heterocycles. The summed E-state index contributed by atoms with van der Waals surface area (Å²) in [7, 11) is 0. The first-order valence-electron chi connectivity index (χ1n) is 7.67. The van der Waals surface area contributed by atoms with E-state index in [4.69, 9.17) is 9.47 Å². The molecule has 0 amide bonds. The smallest absolute Gasteiger partial charge is 0.340 e. The quantitative estimate of drug-likeness (QED) is 0.648. The molecule has 6 heteroatoms. The molecule has 0 spiro atoms. The van der Waals surface area contributed by atoms with Crippen molar-refractivity contribution < 1.29 is 23.5 Å².